The zero-order valence-electron chi connectivity index (χ0n) is 18.6. The number of carbonyl (C=O) groups is 2. The highest BCUT2D eigenvalue weighted by atomic mass is 16.5. The summed E-state index contributed by atoms with van der Waals surface area (Å²) in [6.45, 7) is 3.84. The Morgan fingerprint density at radius 2 is 1.90 bits per heavy atom. The molecule has 2 aromatic rings. The molecule has 0 bridgehead atoms. The quantitative estimate of drug-likeness (QED) is 0.464. The van der Waals surface area contributed by atoms with Crippen molar-refractivity contribution in [3.63, 3.8) is 0 Å². The van der Waals surface area contributed by atoms with Crippen molar-refractivity contribution in [2.24, 2.45) is 0 Å². The average molecular weight is 421 g/mol. The maximum atomic E-state index is 12.8. The van der Waals surface area contributed by atoms with E-state index in [2.05, 4.69) is 18.3 Å². The van der Waals surface area contributed by atoms with Crippen molar-refractivity contribution in [3.05, 3.63) is 58.7 Å². The summed E-state index contributed by atoms with van der Waals surface area (Å²) >= 11 is 0. The first kappa shape index (κ1) is 21.6. The second kappa shape index (κ2) is 9.65. The minimum Gasteiger partial charge on any atom is -0.496 e. The lowest BCUT2D eigenvalue weighted by Gasteiger charge is -2.25. The molecule has 0 spiro atoms. The molecule has 2 aliphatic heterocycles. The number of para-hydroxylation sites is 1. The number of anilines is 1. The second-order valence-corrected chi connectivity index (χ2v) is 8.69. The van der Waals surface area contributed by atoms with Gasteiger partial charge in [-0.25, -0.2) is 0 Å². The number of amides is 1. The van der Waals surface area contributed by atoms with Crippen LogP contribution in [0.1, 0.15) is 59.7 Å². The largest absolute Gasteiger partial charge is 0.496 e. The number of rotatable bonds is 10. The van der Waals surface area contributed by atoms with E-state index in [-0.39, 0.29) is 11.7 Å². The van der Waals surface area contributed by atoms with E-state index in [0.29, 0.717) is 18.9 Å². The van der Waals surface area contributed by atoms with Gasteiger partial charge in [0.15, 0.2) is 5.78 Å². The maximum absolute atomic E-state index is 12.8. The highest BCUT2D eigenvalue weighted by molar-refractivity contribution is 6.02. The Hall–Kier alpha value is -2.66. The number of ketones is 1. The van der Waals surface area contributed by atoms with Gasteiger partial charge >= 0.3 is 0 Å². The fourth-order valence-electron chi connectivity index (χ4n) is 4.80. The third-order valence-electron chi connectivity index (χ3n) is 6.42. The van der Waals surface area contributed by atoms with Gasteiger partial charge in [0.1, 0.15) is 5.75 Å². The monoisotopic (exact) mass is 420 g/mol. The number of methoxy groups -OCH3 is 1. The SMILES string of the molecule is COc1ccccc1CC(C)NCCCCC(=O)c1cc2c3c(c1)CCN3C(=O)CC2. The number of carbonyl (C=O) groups excluding carboxylic acids is 2. The number of hydrogen-bond acceptors (Lipinski definition) is 4. The smallest absolute Gasteiger partial charge is 0.227 e. The van der Waals surface area contributed by atoms with Crippen molar-refractivity contribution >= 4 is 17.4 Å². The molecule has 0 fully saturated rings. The Kier molecular flexibility index (Phi) is 6.71. The normalized spacial score (nSPS) is 15.7. The third kappa shape index (κ3) is 4.82. The van der Waals surface area contributed by atoms with E-state index in [1.165, 1.54) is 16.7 Å². The summed E-state index contributed by atoms with van der Waals surface area (Å²) in [7, 11) is 1.71. The molecular formula is C26H32N2O3. The van der Waals surface area contributed by atoms with E-state index in [1.54, 1.807) is 7.11 Å². The van der Waals surface area contributed by atoms with Crippen LogP contribution in [0.5, 0.6) is 5.75 Å². The number of unbranched alkanes of at least 4 members (excludes halogenated alkanes) is 1. The minimum atomic E-state index is 0.219. The fraction of sp³-hybridized carbons (Fsp3) is 0.462. The van der Waals surface area contributed by atoms with Crippen LogP contribution in [0.3, 0.4) is 0 Å². The molecule has 5 heteroatoms. The zero-order chi connectivity index (χ0) is 21.8. The summed E-state index contributed by atoms with van der Waals surface area (Å²) in [4.78, 5) is 26.7. The molecule has 1 N–H and O–H groups in total. The summed E-state index contributed by atoms with van der Waals surface area (Å²) in [5.74, 6) is 1.37. The van der Waals surface area contributed by atoms with Crippen molar-refractivity contribution in [1.29, 1.82) is 0 Å². The minimum absolute atomic E-state index is 0.219. The highest BCUT2D eigenvalue weighted by Gasteiger charge is 2.31. The molecule has 0 radical (unpaired) electrons. The predicted octanol–water partition coefficient (Wildman–Crippen LogP) is 4.10. The molecule has 2 aliphatic rings. The number of nitrogens with one attached hydrogen (secondary N) is 1. The number of benzene rings is 2. The summed E-state index contributed by atoms with van der Waals surface area (Å²) < 4.78 is 5.43. The summed E-state index contributed by atoms with van der Waals surface area (Å²) in [5.41, 5.74) is 5.45. The van der Waals surface area contributed by atoms with Crippen LogP contribution in [0.25, 0.3) is 0 Å². The second-order valence-electron chi connectivity index (χ2n) is 8.69. The molecule has 4 rings (SSSR count). The molecule has 164 valence electrons. The van der Waals surface area contributed by atoms with E-state index in [0.717, 1.165) is 62.2 Å². The molecule has 1 atom stereocenters. The molecule has 31 heavy (non-hydrogen) atoms. The molecule has 0 aliphatic carbocycles. The Labute approximate surface area is 184 Å². The standard InChI is InChI=1S/C26H32N2O3/c1-18(15-19-7-3-4-9-24(19)31-2)27-13-6-5-8-23(29)22-16-20-10-11-25(30)28-14-12-21(17-22)26(20)28/h3-4,7,9,16-18,27H,5-6,8,10-15H2,1-2H3. The molecule has 0 saturated heterocycles. The molecule has 1 amide bonds. The van der Waals surface area contributed by atoms with Crippen molar-refractivity contribution in [2.75, 3.05) is 25.1 Å². The van der Waals surface area contributed by atoms with Gasteiger partial charge in [-0.05, 0) is 80.5 Å². The van der Waals surface area contributed by atoms with Crippen molar-refractivity contribution in [3.8, 4) is 5.75 Å². The van der Waals surface area contributed by atoms with Gasteiger partial charge in [0.25, 0.3) is 0 Å². The van der Waals surface area contributed by atoms with E-state index in [4.69, 9.17) is 4.74 Å². The van der Waals surface area contributed by atoms with Crippen molar-refractivity contribution in [1.82, 2.24) is 5.32 Å². The predicted molar refractivity (Wildman–Crippen MR) is 123 cm³/mol. The number of aryl methyl sites for hydroxylation is 1. The van der Waals surface area contributed by atoms with E-state index in [9.17, 15) is 9.59 Å². The molecular weight excluding hydrogens is 388 g/mol. The van der Waals surface area contributed by atoms with Crippen LogP contribution in [0.15, 0.2) is 36.4 Å². The number of Topliss-reactive ketones (excluding diaryl/α,β-unsaturated/α-hetero) is 1. The van der Waals surface area contributed by atoms with Crippen LogP contribution < -0.4 is 15.0 Å². The van der Waals surface area contributed by atoms with Gasteiger partial charge in [-0.2, -0.15) is 0 Å². The number of nitrogens with zero attached hydrogens (tertiary/aromatic N) is 1. The van der Waals surface area contributed by atoms with Gasteiger partial charge in [-0.1, -0.05) is 18.2 Å². The highest BCUT2D eigenvalue weighted by Crippen LogP contribution is 2.37. The van der Waals surface area contributed by atoms with E-state index < -0.39 is 0 Å². The summed E-state index contributed by atoms with van der Waals surface area (Å²) in [5, 5.41) is 3.56. The maximum Gasteiger partial charge on any atom is 0.227 e. The first-order valence-electron chi connectivity index (χ1n) is 11.4. The molecule has 0 saturated carbocycles. The van der Waals surface area contributed by atoms with Crippen molar-refractivity contribution in [2.45, 2.75) is 57.9 Å². The Morgan fingerprint density at radius 1 is 1.13 bits per heavy atom. The van der Waals surface area contributed by atoms with Gasteiger partial charge in [0.2, 0.25) is 5.91 Å². The van der Waals surface area contributed by atoms with E-state index >= 15 is 0 Å². The molecule has 2 heterocycles. The first-order chi connectivity index (χ1) is 15.1. The fourth-order valence-corrected chi connectivity index (χ4v) is 4.80. The lowest BCUT2D eigenvalue weighted by atomic mass is 9.94. The Bertz CT molecular complexity index is 969. The average Bonchev–Trinajstić information content (AvgIpc) is 3.21. The van der Waals surface area contributed by atoms with Crippen LogP contribution in [0.4, 0.5) is 5.69 Å². The van der Waals surface area contributed by atoms with Crippen LogP contribution in [-0.4, -0.2) is 37.9 Å². The van der Waals surface area contributed by atoms with Gasteiger partial charge in [-0.3, -0.25) is 9.59 Å². The summed E-state index contributed by atoms with van der Waals surface area (Å²) in [6.07, 6.45) is 5.52. The molecule has 1 unspecified atom stereocenters. The van der Waals surface area contributed by atoms with Crippen LogP contribution in [0, 0.1) is 0 Å². The van der Waals surface area contributed by atoms with Crippen LogP contribution in [-0.2, 0) is 24.1 Å². The van der Waals surface area contributed by atoms with Crippen LogP contribution >= 0.6 is 0 Å². The van der Waals surface area contributed by atoms with E-state index in [1.807, 2.05) is 35.2 Å². The molecule has 2 aromatic carbocycles. The number of ether oxygens (including phenoxy) is 1. The lowest BCUT2D eigenvalue weighted by molar-refractivity contribution is -0.118. The van der Waals surface area contributed by atoms with Gasteiger partial charge in [0.05, 0.1) is 12.8 Å². The lowest BCUT2D eigenvalue weighted by Crippen LogP contribution is -2.32. The topological polar surface area (TPSA) is 58.6 Å². The molecule has 0 aromatic heterocycles. The Morgan fingerprint density at radius 3 is 2.71 bits per heavy atom. The van der Waals surface area contributed by atoms with Gasteiger partial charge in [0, 0.05) is 31.0 Å². The third-order valence-corrected chi connectivity index (χ3v) is 6.42. The number of hydrogen-bond donors (Lipinski definition) is 1. The van der Waals surface area contributed by atoms with Crippen molar-refractivity contribution < 1.29 is 14.3 Å². The van der Waals surface area contributed by atoms with Crippen LogP contribution in [0.2, 0.25) is 0 Å². The van der Waals surface area contributed by atoms with Gasteiger partial charge < -0.3 is 15.0 Å². The Balaban J connectivity index is 1.23. The van der Waals surface area contributed by atoms with Gasteiger partial charge in [-0.15, -0.1) is 0 Å². The zero-order valence-corrected chi connectivity index (χ0v) is 18.6. The molecule has 5 nitrogen and oxygen atoms in total. The first-order valence-corrected chi connectivity index (χ1v) is 11.4. The summed E-state index contributed by atoms with van der Waals surface area (Å²) in [6, 6.07) is 12.5.